The molecule has 11 heteroatoms. The number of anilines is 1. The first-order valence-electron chi connectivity index (χ1n) is 12.6. The number of ether oxygens (including phenoxy) is 1. The van der Waals surface area contributed by atoms with Crippen LogP contribution in [0.15, 0.2) is 83.8 Å². The normalized spacial score (nSPS) is 15.2. The van der Waals surface area contributed by atoms with Gasteiger partial charge in [0.05, 0.1) is 17.1 Å². The third-order valence-electron chi connectivity index (χ3n) is 6.45. The maximum absolute atomic E-state index is 13.6. The largest absolute Gasteiger partial charge is 0.494 e. The molecule has 1 saturated heterocycles. The Kier molecular flexibility index (Phi) is 8.81. The van der Waals surface area contributed by atoms with Crippen LogP contribution in [-0.2, 0) is 27.4 Å². The molecular weight excluding hydrogens is 531 g/mol. The highest BCUT2D eigenvalue weighted by molar-refractivity contribution is 7.89. The van der Waals surface area contributed by atoms with Crippen LogP contribution in [0.5, 0.6) is 5.75 Å². The van der Waals surface area contributed by atoms with Gasteiger partial charge in [0.1, 0.15) is 11.8 Å². The van der Waals surface area contributed by atoms with Crippen molar-refractivity contribution in [3.63, 3.8) is 0 Å². The first kappa shape index (κ1) is 28.4. The number of nitrogens with one attached hydrogen (secondary N) is 1. The summed E-state index contributed by atoms with van der Waals surface area (Å²) < 4.78 is 73.8. The topological polar surface area (TPSA) is 78.9 Å². The minimum Gasteiger partial charge on any atom is -0.494 e. The number of nitrogens with zero attached hydrogens (tertiary/aromatic N) is 2. The number of benzene rings is 3. The number of amides is 1. The highest BCUT2D eigenvalue weighted by atomic mass is 32.2. The van der Waals surface area contributed by atoms with Crippen LogP contribution in [0, 0.1) is 0 Å². The summed E-state index contributed by atoms with van der Waals surface area (Å²) in [5.74, 6) is 0.143. The van der Waals surface area contributed by atoms with Gasteiger partial charge in [0.15, 0.2) is 0 Å². The molecule has 3 aromatic carbocycles. The van der Waals surface area contributed by atoms with Gasteiger partial charge in [-0.2, -0.15) is 17.9 Å². The van der Waals surface area contributed by atoms with E-state index >= 15 is 0 Å². The van der Waals surface area contributed by atoms with E-state index < -0.39 is 33.7 Å². The molecule has 7 nitrogen and oxygen atoms in total. The fourth-order valence-corrected chi connectivity index (χ4v) is 5.64. The van der Waals surface area contributed by atoms with Gasteiger partial charge < -0.3 is 14.5 Å². The van der Waals surface area contributed by atoms with Gasteiger partial charge in [-0.15, -0.1) is 0 Å². The van der Waals surface area contributed by atoms with Gasteiger partial charge >= 0.3 is 6.18 Å². The Morgan fingerprint density at radius 3 is 2.23 bits per heavy atom. The lowest BCUT2D eigenvalue weighted by molar-refractivity contribution is -0.137. The van der Waals surface area contributed by atoms with Crippen molar-refractivity contribution in [2.24, 2.45) is 0 Å². The molecule has 0 radical (unpaired) electrons. The molecule has 0 spiro atoms. The average Bonchev–Trinajstić information content (AvgIpc) is 2.93. The number of hydrogen-bond acceptors (Lipinski definition) is 5. The number of sulfonamides is 1. The Morgan fingerprint density at radius 2 is 1.62 bits per heavy atom. The SMILES string of the molecule is CCOc1ccc(S(=O)(=O)NC(Cc2ccccc2)C(=O)N2CCN(c3cccc(C(F)(F)F)c3)CC2)cc1. The molecule has 1 fully saturated rings. The molecule has 0 aliphatic carbocycles. The Hall–Kier alpha value is -3.57. The Morgan fingerprint density at radius 1 is 0.949 bits per heavy atom. The van der Waals surface area contributed by atoms with Crippen LogP contribution in [0.4, 0.5) is 18.9 Å². The van der Waals surface area contributed by atoms with E-state index in [0.29, 0.717) is 31.1 Å². The summed E-state index contributed by atoms with van der Waals surface area (Å²) in [5.41, 5.74) is 0.479. The van der Waals surface area contributed by atoms with Gasteiger partial charge in [-0.05, 0) is 61.4 Å². The summed E-state index contributed by atoms with van der Waals surface area (Å²) in [5, 5.41) is 0. The Balaban J connectivity index is 1.49. The van der Waals surface area contributed by atoms with Crippen molar-refractivity contribution in [3.05, 3.63) is 90.0 Å². The van der Waals surface area contributed by atoms with Crippen molar-refractivity contribution >= 4 is 21.6 Å². The monoisotopic (exact) mass is 561 g/mol. The van der Waals surface area contributed by atoms with Crippen LogP contribution in [-0.4, -0.2) is 58.1 Å². The van der Waals surface area contributed by atoms with Crippen molar-refractivity contribution < 1.29 is 31.1 Å². The molecule has 0 saturated carbocycles. The number of carbonyl (C=O) groups is 1. The number of carbonyl (C=O) groups excluding carboxylic acids is 1. The minimum absolute atomic E-state index is 0.00572. The third-order valence-corrected chi connectivity index (χ3v) is 7.94. The number of hydrogen-bond donors (Lipinski definition) is 1. The number of halogens is 3. The third kappa shape index (κ3) is 7.30. The van der Waals surface area contributed by atoms with E-state index in [4.69, 9.17) is 4.74 Å². The van der Waals surface area contributed by atoms with E-state index in [0.717, 1.165) is 17.7 Å². The van der Waals surface area contributed by atoms with E-state index in [2.05, 4.69) is 4.72 Å². The zero-order valence-electron chi connectivity index (χ0n) is 21.4. The quantitative estimate of drug-likeness (QED) is 0.421. The van der Waals surface area contributed by atoms with Crippen LogP contribution in [0.1, 0.15) is 18.1 Å². The first-order valence-corrected chi connectivity index (χ1v) is 14.1. The van der Waals surface area contributed by atoms with Crippen LogP contribution < -0.4 is 14.4 Å². The van der Waals surface area contributed by atoms with Crippen molar-refractivity contribution in [2.75, 3.05) is 37.7 Å². The molecule has 1 amide bonds. The first-order chi connectivity index (χ1) is 18.6. The lowest BCUT2D eigenvalue weighted by atomic mass is 10.1. The number of rotatable bonds is 9. The summed E-state index contributed by atoms with van der Waals surface area (Å²) in [6, 6.07) is 19.1. The second kappa shape index (κ2) is 12.1. The zero-order chi connectivity index (χ0) is 28.0. The molecule has 39 heavy (non-hydrogen) atoms. The fraction of sp³-hybridized carbons (Fsp3) is 0.321. The van der Waals surface area contributed by atoms with Gasteiger partial charge in [-0.3, -0.25) is 4.79 Å². The second-order valence-electron chi connectivity index (χ2n) is 9.13. The number of piperazine rings is 1. The van der Waals surface area contributed by atoms with Gasteiger partial charge in [-0.1, -0.05) is 36.4 Å². The molecule has 1 atom stereocenters. The van der Waals surface area contributed by atoms with Crippen LogP contribution in [0.3, 0.4) is 0 Å². The summed E-state index contributed by atoms with van der Waals surface area (Å²) in [4.78, 5) is 16.9. The van der Waals surface area contributed by atoms with Crippen LogP contribution >= 0.6 is 0 Å². The highest BCUT2D eigenvalue weighted by Gasteiger charge is 2.33. The summed E-state index contributed by atoms with van der Waals surface area (Å²) in [7, 11) is -4.04. The predicted molar refractivity (Wildman–Crippen MR) is 142 cm³/mol. The molecule has 0 bridgehead atoms. The smallest absolute Gasteiger partial charge is 0.416 e. The van der Waals surface area contributed by atoms with Gasteiger partial charge in [0.25, 0.3) is 0 Å². The molecular formula is C28H30F3N3O4S. The van der Waals surface area contributed by atoms with Crippen molar-refractivity contribution in [1.29, 1.82) is 0 Å². The molecule has 3 aromatic rings. The van der Waals surface area contributed by atoms with Crippen LogP contribution in [0.2, 0.25) is 0 Å². The zero-order valence-corrected chi connectivity index (χ0v) is 22.2. The lowest BCUT2D eigenvalue weighted by Crippen LogP contribution is -2.55. The predicted octanol–water partition coefficient (Wildman–Crippen LogP) is 4.34. The Bertz CT molecular complexity index is 1360. The van der Waals surface area contributed by atoms with E-state index in [1.165, 1.54) is 18.2 Å². The van der Waals surface area contributed by atoms with Crippen molar-refractivity contribution in [1.82, 2.24) is 9.62 Å². The fourth-order valence-electron chi connectivity index (χ4n) is 4.45. The average molecular weight is 562 g/mol. The molecule has 1 N–H and O–H groups in total. The molecule has 1 heterocycles. The van der Waals surface area contributed by atoms with Gasteiger partial charge in [-0.25, -0.2) is 8.42 Å². The standard InChI is InChI=1S/C28H30F3N3O4S/c1-2-38-24-11-13-25(14-12-24)39(36,37)32-26(19-21-7-4-3-5-8-21)27(35)34-17-15-33(16-18-34)23-10-6-9-22(20-23)28(29,30)31/h3-14,20,26,32H,2,15-19H2,1H3. The Labute approximate surface area is 226 Å². The van der Waals surface area contributed by atoms with E-state index in [1.807, 2.05) is 37.3 Å². The lowest BCUT2D eigenvalue weighted by Gasteiger charge is -2.38. The molecule has 1 aliphatic heterocycles. The van der Waals surface area contributed by atoms with Gasteiger partial charge in [0, 0.05) is 31.9 Å². The van der Waals surface area contributed by atoms with E-state index in [-0.39, 0.29) is 24.4 Å². The summed E-state index contributed by atoms with van der Waals surface area (Å²) in [6.07, 6.45) is -4.30. The minimum atomic E-state index is -4.45. The van der Waals surface area contributed by atoms with Crippen molar-refractivity contribution in [3.8, 4) is 5.75 Å². The molecule has 208 valence electrons. The molecule has 1 aliphatic rings. The molecule has 4 rings (SSSR count). The second-order valence-corrected chi connectivity index (χ2v) is 10.8. The van der Waals surface area contributed by atoms with Crippen molar-refractivity contribution in [2.45, 2.75) is 30.5 Å². The molecule has 0 aromatic heterocycles. The summed E-state index contributed by atoms with van der Waals surface area (Å²) in [6.45, 7) is 3.38. The van der Waals surface area contributed by atoms with Gasteiger partial charge in [0.2, 0.25) is 15.9 Å². The highest BCUT2D eigenvalue weighted by Crippen LogP contribution is 2.32. The maximum atomic E-state index is 13.6. The number of alkyl halides is 3. The maximum Gasteiger partial charge on any atom is 0.416 e. The summed E-state index contributed by atoms with van der Waals surface area (Å²) >= 11 is 0. The molecule has 1 unspecified atom stereocenters. The van der Waals surface area contributed by atoms with Crippen LogP contribution in [0.25, 0.3) is 0 Å². The van der Waals surface area contributed by atoms with E-state index in [1.54, 1.807) is 28.0 Å². The van der Waals surface area contributed by atoms with E-state index in [9.17, 15) is 26.4 Å².